The highest BCUT2D eigenvalue weighted by Gasteiger charge is 2.18. The molecule has 1 fully saturated rings. The zero-order chi connectivity index (χ0) is 9.97. The van der Waals surface area contributed by atoms with Crippen molar-refractivity contribution in [3.63, 3.8) is 0 Å². The number of ether oxygens (including phenoxy) is 1. The van der Waals surface area contributed by atoms with Crippen LogP contribution in [0.1, 0.15) is 30.9 Å². The smallest absolute Gasteiger partial charge is 0.0774 e. The van der Waals surface area contributed by atoms with Crippen molar-refractivity contribution < 1.29 is 4.74 Å². The van der Waals surface area contributed by atoms with E-state index >= 15 is 0 Å². The molecule has 1 aromatic heterocycles. The third kappa shape index (κ3) is 1.81. The van der Waals surface area contributed by atoms with E-state index in [-0.39, 0.29) is 0 Å². The topological polar surface area (TPSA) is 53.1 Å². The molecule has 0 saturated carbocycles. The summed E-state index contributed by atoms with van der Waals surface area (Å²) < 4.78 is 7.33. The van der Waals surface area contributed by atoms with E-state index in [0.717, 1.165) is 19.6 Å². The normalized spacial score (nSPS) is 24.0. The first-order valence-corrected chi connectivity index (χ1v) is 5.13. The Balaban J connectivity index is 2.08. The SMILES string of the molecule is CC(CN)c1cnn(C2CCOC2)c1. The minimum atomic E-state index is 0.395. The Bertz CT molecular complexity index is 291. The Hall–Kier alpha value is -0.870. The lowest BCUT2D eigenvalue weighted by Crippen LogP contribution is -2.10. The highest BCUT2D eigenvalue weighted by atomic mass is 16.5. The predicted octanol–water partition coefficient (Wildman–Crippen LogP) is 0.907. The second kappa shape index (κ2) is 4.11. The molecule has 78 valence electrons. The second-order valence-electron chi connectivity index (χ2n) is 3.91. The molecule has 0 radical (unpaired) electrons. The second-order valence-corrected chi connectivity index (χ2v) is 3.91. The third-order valence-electron chi connectivity index (χ3n) is 2.82. The molecule has 0 spiro atoms. The first-order valence-electron chi connectivity index (χ1n) is 5.13. The van der Waals surface area contributed by atoms with Gasteiger partial charge in [0.05, 0.1) is 18.8 Å². The van der Waals surface area contributed by atoms with Crippen LogP contribution in [-0.2, 0) is 4.74 Å². The highest BCUT2D eigenvalue weighted by molar-refractivity contribution is 5.11. The maximum Gasteiger partial charge on any atom is 0.0774 e. The summed E-state index contributed by atoms with van der Waals surface area (Å²) in [7, 11) is 0. The molecule has 2 heterocycles. The first-order chi connectivity index (χ1) is 6.81. The average Bonchev–Trinajstić information content (AvgIpc) is 2.86. The summed E-state index contributed by atoms with van der Waals surface area (Å²) in [5, 5.41) is 4.35. The van der Waals surface area contributed by atoms with Crippen molar-refractivity contribution in [2.24, 2.45) is 5.73 Å². The zero-order valence-corrected chi connectivity index (χ0v) is 8.52. The van der Waals surface area contributed by atoms with Crippen LogP contribution in [0.15, 0.2) is 12.4 Å². The molecule has 0 bridgehead atoms. The van der Waals surface area contributed by atoms with E-state index in [0.29, 0.717) is 18.5 Å². The fraction of sp³-hybridized carbons (Fsp3) is 0.700. The summed E-state index contributed by atoms with van der Waals surface area (Å²) in [5.74, 6) is 0.395. The van der Waals surface area contributed by atoms with Crippen LogP contribution in [0.4, 0.5) is 0 Å². The molecule has 0 amide bonds. The minimum Gasteiger partial charge on any atom is -0.379 e. The van der Waals surface area contributed by atoms with E-state index < -0.39 is 0 Å². The minimum absolute atomic E-state index is 0.395. The van der Waals surface area contributed by atoms with Crippen molar-refractivity contribution >= 4 is 0 Å². The van der Waals surface area contributed by atoms with Crippen LogP contribution in [0.25, 0.3) is 0 Å². The molecule has 0 aliphatic carbocycles. The quantitative estimate of drug-likeness (QED) is 0.779. The first kappa shape index (κ1) is 9.68. The van der Waals surface area contributed by atoms with Crippen LogP contribution in [0.3, 0.4) is 0 Å². The Kier molecular flexibility index (Phi) is 2.84. The lowest BCUT2D eigenvalue weighted by Gasteiger charge is -2.07. The zero-order valence-electron chi connectivity index (χ0n) is 8.52. The monoisotopic (exact) mass is 195 g/mol. The molecule has 1 aliphatic rings. The number of rotatable bonds is 3. The number of hydrogen-bond acceptors (Lipinski definition) is 3. The summed E-state index contributed by atoms with van der Waals surface area (Å²) in [4.78, 5) is 0. The predicted molar refractivity (Wildman–Crippen MR) is 54.2 cm³/mol. The Labute approximate surface area is 84.0 Å². The van der Waals surface area contributed by atoms with Crippen LogP contribution >= 0.6 is 0 Å². The average molecular weight is 195 g/mol. The lowest BCUT2D eigenvalue weighted by molar-refractivity contribution is 0.184. The Morgan fingerprint density at radius 3 is 3.29 bits per heavy atom. The van der Waals surface area contributed by atoms with E-state index in [4.69, 9.17) is 10.5 Å². The molecule has 2 rings (SSSR count). The van der Waals surface area contributed by atoms with Crippen LogP contribution in [0.2, 0.25) is 0 Å². The maximum atomic E-state index is 5.61. The maximum absolute atomic E-state index is 5.61. The summed E-state index contributed by atoms with van der Waals surface area (Å²) in [6.07, 6.45) is 5.07. The van der Waals surface area contributed by atoms with Crippen LogP contribution < -0.4 is 5.73 Å². The van der Waals surface area contributed by atoms with Crippen LogP contribution in [0, 0.1) is 0 Å². The molecule has 2 N–H and O–H groups in total. The van der Waals surface area contributed by atoms with E-state index in [9.17, 15) is 0 Å². The van der Waals surface area contributed by atoms with Crippen molar-refractivity contribution in [2.45, 2.75) is 25.3 Å². The number of nitrogens with zero attached hydrogens (tertiary/aromatic N) is 2. The summed E-state index contributed by atoms with van der Waals surface area (Å²) in [6.45, 7) is 4.43. The molecule has 2 atom stereocenters. The van der Waals surface area contributed by atoms with Gasteiger partial charge in [0, 0.05) is 12.8 Å². The van der Waals surface area contributed by atoms with E-state index in [1.807, 2.05) is 10.9 Å². The van der Waals surface area contributed by atoms with Crippen molar-refractivity contribution in [3.05, 3.63) is 18.0 Å². The van der Waals surface area contributed by atoms with Gasteiger partial charge in [-0.2, -0.15) is 5.10 Å². The molecular weight excluding hydrogens is 178 g/mol. The summed E-state index contributed by atoms with van der Waals surface area (Å²) in [6, 6.07) is 0.425. The molecule has 2 unspecified atom stereocenters. The van der Waals surface area contributed by atoms with Gasteiger partial charge in [0.2, 0.25) is 0 Å². The number of nitrogens with two attached hydrogens (primary N) is 1. The highest BCUT2D eigenvalue weighted by Crippen LogP contribution is 2.20. The molecule has 4 nitrogen and oxygen atoms in total. The standard InChI is InChI=1S/C10H17N3O/c1-8(4-11)9-5-12-13(6-9)10-2-3-14-7-10/h5-6,8,10H,2-4,7,11H2,1H3. The fourth-order valence-corrected chi connectivity index (χ4v) is 1.67. The number of aromatic nitrogens is 2. The number of hydrogen-bond donors (Lipinski definition) is 1. The van der Waals surface area contributed by atoms with Gasteiger partial charge in [0.25, 0.3) is 0 Å². The summed E-state index contributed by atoms with van der Waals surface area (Å²) >= 11 is 0. The van der Waals surface area contributed by atoms with E-state index in [1.54, 1.807) is 0 Å². The molecule has 1 aromatic rings. The Morgan fingerprint density at radius 1 is 1.79 bits per heavy atom. The van der Waals surface area contributed by atoms with Gasteiger partial charge in [0.1, 0.15) is 0 Å². The van der Waals surface area contributed by atoms with Gasteiger partial charge in [-0.25, -0.2) is 0 Å². The van der Waals surface area contributed by atoms with Gasteiger partial charge in [-0.3, -0.25) is 4.68 Å². The van der Waals surface area contributed by atoms with Crippen molar-refractivity contribution in [3.8, 4) is 0 Å². The van der Waals surface area contributed by atoms with Crippen LogP contribution in [-0.4, -0.2) is 29.5 Å². The molecule has 1 aliphatic heterocycles. The van der Waals surface area contributed by atoms with E-state index in [1.165, 1.54) is 5.56 Å². The van der Waals surface area contributed by atoms with Crippen molar-refractivity contribution in [1.29, 1.82) is 0 Å². The van der Waals surface area contributed by atoms with Crippen LogP contribution in [0.5, 0.6) is 0 Å². The molecular formula is C10H17N3O. The lowest BCUT2D eigenvalue weighted by atomic mass is 10.1. The Morgan fingerprint density at radius 2 is 2.64 bits per heavy atom. The van der Waals surface area contributed by atoms with E-state index in [2.05, 4.69) is 18.2 Å². The van der Waals surface area contributed by atoms with Gasteiger partial charge < -0.3 is 10.5 Å². The largest absolute Gasteiger partial charge is 0.379 e. The van der Waals surface area contributed by atoms with Gasteiger partial charge >= 0.3 is 0 Å². The fourth-order valence-electron chi connectivity index (χ4n) is 1.67. The van der Waals surface area contributed by atoms with Crippen molar-refractivity contribution in [1.82, 2.24) is 9.78 Å². The summed E-state index contributed by atoms with van der Waals surface area (Å²) in [5.41, 5.74) is 6.83. The van der Waals surface area contributed by atoms with Gasteiger partial charge in [-0.1, -0.05) is 6.92 Å². The molecule has 4 heteroatoms. The van der Waals surface area contributed by atoms with Gasteiger partial charge in [-0.15, -0.1) is 0 Å². The molecule has 1 saturated heterocycles. The van der Waals surface area contributed by atoms with Gasteiger partial charge in [-0.05, 0) is 24.4 Å². The third-order valence-corrected chi connectivity index (χ3v) is 2.82. The van der Waals surface area contributed by atoms with Crippen molar-refractivity contribution in [2.75, 3.05) is 19.8 Å². The van der Waals surface area contributed by atoms with Gasteiger partial charge in [0.15, 0.2) is 0 Å². The molecule has 14 heavy (non-hydrogen) atoms. The molecule has 0 aromatic carbocycles.